The SMILES string of the molecule is CC(C)COc1cc(OC(C)C)cc(C(=O)Nc2ccc(C(=O)NS(C)(=O)=O)cn2)c1.CC(C)COc1cc(OC(C)C)cc(C(=O)Nc2ccc(C(=O)O)cn2)c1.CC(C)Oc1cc(OC(C)(C)C(=O)O)cc(C(=O)O)c1.CC(C)Oc1cc(OCC(=O)N2CCN(C)CC2)cc(C(=O)Nc2nccs2)c1.CC(C)Oc1cc(OCC(=O)O)cc(C(=O)Nc2nccs2)c1. The van der Waals surface area contributed by atoms with E-state index in [9.17, 15) is 56.4 Å². The van der Waals surface area contributed by atoms with Crippen molar-refractivity contribution in [1.29, 1.82) is 0 Å². The van der Waals surface area contributed by atoms with Gasteiger partial charge in [-0.3, -0.25) is 39.4 Å². The summed E-state index contributed by atoms with van der Waals surface area (Å²) in [5.41, 5.74) is -0.0661. The van der Waals surface area contributed by atoms with E-state index in [-0.39, 0.29) is 94.7 Å². The summed E-state index contributed by atoms with van der Waals surface area (Å²) in [5.74, 6) is -1.64. The average molecular weight is 1860 g/mol. The summed E-state index contributed by atoms with van der Waals surface area (Å²) in [5, 5.41) is 50.9. The van der Waals surface area contributed by atoms with Gasteiger partial charge in [-0.1, -0.05) is 27.7 Å². The number of aromatic nitrogens is 4. The summed E-state index contributed by atoms with van der Waals surface area (Å²) in [4.78, 5) is 138. The van der Waals surface area contributed by atoms with E-state index in [0.717, 1.165) is 19.3 Å². The lowest BCUT2D eigenvalue weighted by Crippen LogP contribution is -2.48. The molecule has 0 spiro atoms. The number of thiazole rings is 2. The molecule has 5 aromatic carbocycles. The second-order valence-electron chi connectivity index (χ2n) is 31.4. The molecule has 40 heteroatoms. The van der Waals surface area contributed by atoms with Crippen molar-refractivity contribution < 1.29 is 124 Å². The number of hydrogen-bond acceptors (Lipinski definition) is 29. The van der Waals surface area contributed by atoms with E-state index in [0.29, 0.717) is 117 Å². The lowest BCUT2D eigenvalue weighted by molar-refractivity contribution is -0.152. The third kappa shape index (κ3) is 38.8. The zero-order valence-electron chi connectivity index (χ0n) is 75.3. The van der Waals surface area contributed by atoms with Crippen molar-refractivity contribution in [1.82, 2.24) is 34.5 Å². The molecule has 1 aliphatic heterocycles. The van der Waals surface area contributed by atoms with Crippen LogP contribution in [0.1, 0.15) is 183 Å². The van der Waals surface area contributed by atoms with Gasteiger partial charge in [-0.05, 0) is 187 Å². The third-order valence-corrected chi connectivity index (χ3v) is 18.2. The number of amides is 6. The van der Waals surface area contributed by atoms with E-state index >= 15 is 0 Å². The molecule has 37 nitrogen and oxygen atoms in total. The number of carboxylic acids is 4. The number of anilines is 4. The van der Waals surface area contributed by atoms with Crippen molar-refractivity contribution in [2.75, 3.05) is 87.2 Å². The average Bonchev–Trinajstić information content (AvgIpc) is 1.31. The van der Waals surface area contributed by atoms with Gasteiger partial charge in [-0.2, -0.15) is 0 Å². The zero-order chi connectivity index (χ0) is 96.3. The highest BCUT2D eigenvalue weighted by molar-refractivity contribution is 7.89. The van der Waals surface area contributed by atoms with E-state index in [1.54, 1.807) is 109 Å². The maximum absolute atomic E-state index is 12.7. The van der Waals surface area contributed by atoms with Crippen LogP contribution >= 0.6 is 22.7 Å². The van der Waals surface area contributed by atoms with Crippen LogP contribution < -0.4 is 73.4 Å². The van der Waals surface area contributed by atoms with Crippen LogP contribution in [0.15, 0.2) is 151 Å². The maximum atomic E-state index is 12.7. The number of rotatable bonds is 37. The number of hydrogen-bond donors (Lipinski definition) is 9. The number of sulfonamides is 1. The molecule has 9 N–H and O–H groups in total. The van der Waals surface area contributed by atoms with Crippen LogP contribution in [0.4, 0.5) is 21.9 Å². The third-order valence-electron chi connectivity index (χ3n) is 16.3. The van der Waals surface area contributed by atoms with Crippen LogP contribution in [0.2, 0.25) is 0 Å². The predicted octanol–water partition coefficient (Wildman–Crippen LogP) is 14.1. The number of aliphatic carboxylic acids is 2. The fourth-order valence-electron chi connectivity index (χ4n) is 10.6. The standard InChI is InChI=1S/C21H27N3O6S.C20H26N4O4S.C20H24N2O5.C15H16N2O5S.C14H18O6/c1-13(2)12-29-17-8-16(9-18(10-17)30-14(3)4)20(25)23-19-7-6-15(11-22-19)21(26)24-31(5,27)28;1-14(2)28-17-11-15(19(26)22-20-21-4-9-29-20)10-16(12-17)27-13-18(25)24-7-5-23(3)6-8-24;1-12(2)11-26-16-7-15(8-17(9-16)27-13(3)4)19(23)22-18-6-5-14(10-21-18)20(24)25;1-9(2)22-12-6-10(5-11(7-12)21-8-13(18)19)14(20)17-15-16-3-4-23-15;1-8(2)19-10-5-9(12(15)16)6-11(7-10)20-14(3,4)13(17)18/h6-11,13-14H,12H2,1-5H3,(H,24,26)(H,22,23,25);4,9-12,14H,5-8,13H2,1-3H3,(H,21,22,26);5-10,12-13H,11H2,1-4H3,(H,24,25)(H,21,22,23);3-7,9H,8H2,1-2H3,(H,18,19)(H,16,17,20);5-8H,1-4H3,(H,15,16)(H,17,18). The molecule has 1 saturated heterocycles. The van der Waals surface area contributed by atoms with E-state index in [1.807, 2.05) is 94.9 Å². The molecule has 0 unspecified atom stereocenters. The molecule has 1 fully saturated rings. The molecule has 6 amide bonds. The van der Waals surface area contributed by atoms with E-state index < -0.39 is 63.8 Å². The lowest BCUT2D eigenvalue weighted by Gasteiger charge is -2.32. The van der Waals surface area contributed by atoms with Gasteiger partial charge in [0, 0.05) is 114 Å². The summed E-state index contributed by atoms with van der Waals surface area (Å²) >= 11 is 2.63. The molecule has 130 heavy (non-hydrogen) atoms. The summed E-state index contributed by atoms with van der Waals surface area (Å²) in [6.45, 7) is 33.1. The Bertz CT molecular complexity index is 5400. The Kier molecular flexibility index (Phi) is 41.0. The second kappa shape index (κ2) is 50.7. The van der Waals surface area contributed by atoms with Crippen molar-refractivity contribution in [2.24, 2.45) is 11.8 Å². The van der Waals surface area contributed by atoms with Crippen molar-refractivity contribution >= 4 is 114 Å². The Labute approximate surface area is 761 Å². The number of nitrogens with zero attached hydrogens (tertiary/aromatic N) is 6. The predicted molar refractivity (Wildman–Crippen MR) is 487 cm³/mol. The largest absolute Gasteiger partial charge is 0.493 e. The monoisotopic (exact) mass is 1860 g/mol. The first-order chi connectivity index (χ1) is 61.1. The Hall–Kier alpha value is -13.7. The van der Waals surface area contributed by atoms with E-state index in [2.05, 4.69) is 46.1 Å². The number of nitrogens with one attached hydrogen (secondary N) is 5. The second-order valence-corrected chi connectivity index (χ2v) is 35.0. The molecule has 0 radical (unpaired) electrons. The number of carboxylic acid groups (broad SMARTS) is 4. The van der Waals surface area contributed by atoms with Gasteiger partial charge in [0.05, 0.1) is 66.7 Å². The number of benzene rings is 5. The normalized spacial score (nSPS) is 11.8. The molecule has 10 rings (SSSR count). The number of pyridine rings is 2. The van der Waals surface area contributed by atoms with Crippen LogP contribution in [0.25, 0.3) is 0 Å². The minimum atomic E-state index is -3.68. The van der Waals surface area contributed by atoms with E-state index in [1.165, 1.54) is 97.4 Å². The minimum absolute atomic E-state index is 0.0284. The smallest absolute Gasteiger partial charge is 0.347 e. The number of likely N-dealkylation sites (N-methyl/N-ethyl adjacent to an activating group) is 1. The molecule has 1 aliphatic rings. The fraction of sp³-hybridized carbons (Fsp3) is 0.378. The molecule has 0 aliphatic carbocycles. The van der Waals surface area contributed by atoms with E-state index in [4.69, 9.17) is 67.8 Å². The Morgan fingerprint density at radius 1 is 0.408 bits per heavy atom. The van der Waals surface area contributed by atoms with Crippen LogP contribution in [-0.4, -0.2) is 220 Å². The molecule has 0 saturated carbocycles. The molecule has 5 heterocycles. The molecule has 0 bridgehead atoms. The summed E-state index contributed by atoms with van der Waals surface area (Å²) in [6.07, 6.45) is 6.01. The highest BCUT2D eigenvalue weighted by Crippen LogP contribution is 2.32. The zero-order valence-corrected chi connectivity index (χ0v) is 77.8. The summed E-state index contributed by atoms with van der Waals surface area (Å²) in [7, 11) is -1.65. The quantitative estimate of drug-likeness (QED) is 0.0175. The van der Waals surface area contributed by atoms with Gasteiger partial charge in [0.25, 0.3) is 35.4 Å². The Morgan fingerprint density at radius 2 is 0.738 bits per heavy atom. The van der Waals surface area contributed by atoms with Crippen molar-refractivity contribution in [3.63, 3.8) is 0 Å². The molecule has 700 valence electrons. The van der Waals surface area contributed by atoms with Gasteiger partial charge in [-0.25, -0.2) is 52.3 Å². The van der Waals surface area contributed by atoms with Gasteiger partial charge < -0.3 is 88.2 Å². The van der Waals surface area contributed by atoms with Gasteiger partial charge in [0.2, 0.25) is 10.0 Å². The Morgan fingerprint density at radius 3 is 1.05 bits per heavy atom. The molecular formula is C90H111N11O26S3. The first-order valence-electron chi connectivity index (χ1n) is 40.8. The highest BCUT2D eigenvalue weighted by atomic mass is 32.2. The van der Waals surface area contributed by atoms with Crippen molar-refractivity contribution in [3.05, 3.63) is 190 Å². The van der Waals surface area contributed by atoms with Crippen LogP contribution in [-0.2, 0) is 24.4 Å². The van der Waals surface area contributed by atoms with Gasteiger partial charge in [0.1, 0.15) is 69.1 Å². The molecule has 9 aromatic rings. The van der Waals surface area contributed by atoms with Crippen LogP contribution in [0.3, 0.4) is 0 Å². The van der Waals surface area contributed by atoms with Crippen LogP contribution in [0.5, 0.6) is 57.5 Å². The summed E-state index contributed by atoms with van der Waals surface area (Å²) < 4.78 is 80.0. The molecular weight excluding hydrogens is 1750 g/mol. The minimum Gasteiger partial charge on any atom is -0.493 e. The first kappa shape index (κ1) is 105. The topological polar surface area (TPSA) is 496 Å². The van der Waals surface area contributed by atoms with Gasteiger partial charge in [0.15, 0.2) is 29.1 Å². The number of ether oxygens (including phenoxy) is 10. The first-order valence-corrected chi connectivity index (χ1v) is 44.4. The Balaban J connectivity index is 0.000000252. The highest BCUT2D eigenvalue weighted by Gasteiger charge is 2.31. The summed E-state index contributed by atoms with van der Waals surface area (Å²) in [6, 6.07) is 29.1. The van der Waals surface area contributed by atoms with Crippen LogP contribution in [0, 0.1) is 11.8 Å². The number of piperazine rings is 1. The molecule has 0 atom stereocenters. The number of aromatic carboxylic acids is 2. The molecule has 4 aromatic heterocycles. The van der Waals surface area contributed by atoms with Gasteiger partial charge >= 0.3 is 23.9 Å². The lowest BCUT2D eigenvalue weighted by atomic mass is 10.1. The van der Waals surface area contributed by atoms with Gasteiger partial charge in [-0.15, -0.1) is 22.7 Å². The fourth-order valence-corrected chi connectivity index (χ4v) is 12.1. The number of carbonyl (C=O) groups is 10. The van der Waals surface area contributed by atoms with Crippen molar-refractivity contribution in [2.45, 2.75) is 147 Å². The number of carbonyl (C=O) groups excluding carboxylic acids is 6. The maximum Gasteiger partial charge on any atom is 0.347 e. The van der Waals surface area contributed by atoms with Crippen molar-refractivity contribution in [3.8, 4) is 57.5 Å².